The molecular formula is C9H24NP. The maximum Gasteiger partial charge on any atom is -0.00474 e. The average Bonchev–Trinajstić information content (AvgIpc) is 1.90. The van der Waals surface area contributed by atoms with Crippen LogP contribution in [0.15, 0.2) is 0 Å². The molecule has 1 nitrogen and oxygen atoms in total. The van der Waals surface area contributed by atoms with E-state index in [1.54, 1.807) is 0 Å². The van der Waals surface area contributed by atoms with Crippen LogP contribution in [0.3, 0.4) is 0 Å². The first-order valence-corrected chi connectivity index (χ1v) is 5.22. The highest BCUT2D eigenvalue weighted by atomic mass is 31.0. The first kappa shape index (κ1) is 13.9. The van der Waals surface area contributed by atoms with Gasteiger partial charge in [-0.3, -0.25) is 0 Å². The van der Waals surface area contributed by atoms with Gasteiger partial charge >= 0.3 is 0 Å². The molecule has 0 amide bonds. The van der Waals surface area contributed by atoms with E-state index in [1.165, 1.54) is 19.6 Å². The Balaban J connectivity index is 0. The summed E-state index contributed by atoms with van der Waals surface area (Å²) >= 11 is 0. The molecule has 0 aliphatic carbocycles. The molecule has 0 aromatic carbocycles. The van der Waals surface area contributed by atoms with Crippen molar-refractivity contribution in [2.24, 2.45) is 0 Å². The Hall–Kier alpha value is 0.390. The lowest BCUT2D eigenvalue weighted by Crippen LogP contribution is -2.21. The van der Waals surface area contributed by atoms with E-state index in [1.807, 2.05) is 0 Å². The van der Waals surface area contributed by atoms with Crippen LogP contribution >= 0.6 is 9.24 Å². The fourth-order valence-corrected chi connectivity index (χ4v) is 0.671. The van der Waals surface area contributed by atoms with Crippen LogP contribution in [-0.2, 0) is 0 Å². The van der Waals surface area contributed by atoms with E-state index in [0.717, 1.165) is 5.66 Å². The molecule has 0 rings (SSSR count). The summed E-state index contributed by atoms with van der Waals surface area (Å²) in [5, 5.41) is 0. The molecule has 0 heterocycles. The minimum Gasteiger partial charge on any atom is -0.304 e. The molecule has 2 heteroatoms. The molecule has 0 saturated carbocycles. The summed E-state index contributed by atoms with van der Waals surface area (Å²) < 4.78 is 0. The summed E-state index contributed by atoms with van der Waals surface area (Å²) in [6.45, 7) is 14.4. The van der Waals surface area contributed by atoms with Crippen molar-refractivity contribution in [2.45, 2.75) is 40.3 Å². The predicted octanol–water partition coefficient (Wildman–Crippen LogP) is 2.62. The fourth-order valence-electron chi connectivity index (χ4n) is 0.671. The molecule has 70 valence electrons. The highest BCUT2D eigenvalue weighted by molar-refractivity contribution is 7.17. The summed E-state index contributed by atoms with van der Waals surface area (Å²) in [5.41, 5.74) is 0.750. The van der Waals surface area contributed by atoms with Gasteiger partial charge in [-0.05, 0) is 25.3 Å². The van der Waals surface area contributed by atoms with Crippen LogP contribution in [0.4, 0.5) is 0 Å². The van der Waals surface area contributed by atoms with E-state index in [0.29, 0.717) is 0 Å². The minimum atomic E-state index is 0.750. The molecular weight excluding hydrogens is 153 g/mol. The van der Waals surface area contributed by atoms with Crippen molar-refractivity contribution in [3.05, 3.63) is 0 Å². The molecule has 0 saturated heterocycles. The SMILES string of the molecule is CC(C)P.CCN(CC)CC. The molecule has 0 fully saturated rings. The largest absolute Gasteiger partial charge is 0.304 e. The Kier molecular flexibility index (Phi) is 13.2. The van der Waals surface area contributed by atoms with E-state index in [-0.39, 0.29) is 0 Å². The molecule has 0 aliphatic rings. The molecule has 0 aromatic heterocycles. The van der Waals surface area contributed by atoms with Crippen molar-refractivity contribution in [2.75, 3.05) is 19.6 Å². The Morgan fingerprint density at radius 1 is 1.00 bits per heavy atom. The molecule has 11 heavy (non-hydrogen) atoms. The summed E-state index contributed by atoms with van der Waals surface area (Å²) in [4.78, 5) is 2.38. The first-order valence-electron chi connectivity index (χ1n) is 4.56. The summed E-state index contributed by atoms with van der Waals surface area (Å²) in [6.07, 6.45) is 0. The first-order chi connectivity index (χ1) is 5.08. The molecule has 0 aromatic rings. The second-order valence-electron chi connectivity index (χ2n) is 2.86. The second-order valence-corrected chi connectivity index (χ2v) is 4.20. The zero-order chi connectivity index (χ0) is 9.28. The van der Waals surface area contributed by atoms with Crippen LogP contribution in [0.25, 0.3) is 0 Å². The molecule has 0 N–H and O–H groups in total. The number of rotatable bonds is 3. The van der Waals surface area contributed by atoms with E-state index < -0.39 is 0 Å². The highest BCUT2D eigenvalue weighted by Crippen LogP contribution is 1.90. The fraction of sp³-hybridized carbons (Fsp3) is 1.00. The molecule has 1 atom stereocenters. The molecule has 0 spiro atoms. The van der Waals surface area contributed by atoms with Gasteiger partial charge < -0.3 is 4.90 Å². The summed E-state index contributed by atoms with van der Waals surface area (Å²) in [7, 11) is 2.66. The third-order valence-corrected chi connectivity index (χ3v) is 1.34. The van der Waals surface area contributed by atoms with Gasteiger partial charge in [0.15, 0.2) is 0 Å². The number of hydrogen-bond acceptors (Lipinski definition) is 1. The monoisotopic (exact) mass is 177 g/mol. The Morgan fingerprint density at radius 2 is 1.18 bits per heavy atom. The van der Waals surface area contributed by atoms with Crippen LogP contribution in [0.2, 0.25) is 0 Å². The maximum atomic E-state index is 2.66. The van der Waals surface area contributed by atoms with Crippen LogP contribution in [0.1, 0.15) is 34.6 Å². The van der Waals surface area contributed by atoms with E-state index in [9.17, 15) is 0 Å². The van der Waals surface area contributed by atoms with Crippen molar-refractivity contribution < 1.29 is 0 Å². The smallest absolute Gasteiger partial charge is 0.00474 e. The third-order valence-electron chi connectivity index (χ3n) is 1.34. The van der Waals surface area contributed by atoms with Crippen molar-refractivity contribution >= 4 is 9.24 Å². The van der Waals surface area contributed by atoms with Gasteiger partial charge in [0.25, 0.3) is 0 Å². The van der Waals surface area contributed by atoms with Gasteiger partial charge in [0, 0.05) is 0 Å². The molecule has 0 radical (unpaired) electrons. The zero-order valence-corrected chi connectivity index (χ0v) is 9.88. The van der Waals surface area contributed by atoms with Crippen molar-refractivity contribution in [3.8, 4) is 0 Å². The highest BCUT2D eigenvalue weighted by Gasteiger charge is 1.89. The van der Waals surface area contributed by atoms with Crippen molar-refractivity contribution in [1.29, 1.82) is 0 Å². The quantitative estimate of drug-likeness (QED) is 0.599. The number of hydrogen-bond donors (Lipinski definition) is 0. The van der Waals surface area contributed by atoms with E-state index >= 15 is 0 Å². The number of nitrogens with zero attached hydrogens (tertiary/aromatic N) is 1. The van der Waals surface area contributed by atoms with Crippen LogP contribution < -0.4 is 0 Å². The lowest BCUT2D eigenvalue weighted by molar-refractivity contribution is 0.321. The Labute approximate surface area is 74.8 Å². The lowest BCUT2D eigenvalue weighted by Gasteiger charge is -2.13. The van der Waals surface area contributed by atoms with Crippen LogP contribution in [0, 0.1) is 0 Å². The summed E-state index contributed by atoms with van der Waals surface area (Å²) in [5.74, 6) is 0. The Bertz CT molecular complexity index is 52.3. The van der Waals surface area contributed by atoms with E-state index in [2.05, 4.69) is 48.8 Å². The minimum absolute atomic E-state index is 0.750. The van der Waals surface area contributed by atoms with E-state index in [4.69, 9.17) is 0 Å². The lowest BCUT2D eigenvalue weighted by atomic mass is 10.5. The van der Waals surface area contributed by atoms with Gasteiger partial charge in [-0.2, -0.15) is 0 Å². The predicted molar refractivity (Wildman–Crippen MR) is 58.3 cm³/mol. The topological polar surface area (TPSA) is 3.24 Å². The normalized spacial score (nSPS) is 9.82. The van der Waals surface area contributed by atoms with Crippen LogP contribution in [-0.4, -0.2) is 30.2 Å². The van der Waals surface area contributed by atoms with Crippen LogP contribution in [0.5, 0.6) is 0 Å². The van der Waals surface area contributed by atoms with Gasteiger partial charge in [-0.15, -0.1) is 9.24 Å². The maximum absolute atomic E-state index is 2.66. The van der Waals surface area contributed by atoms with Crippen molar-refractivity contribution in [3.63, 3.8) is 0 Å². The van der Waals surface area contributed by atoms with Gasteiger partial charge in [0.1, 0.15) is 0 Å². The average molecular weight is 177 g/mol. The third kappa shape index (κ3) is 17.9. The Morgan fingerprint density at radius 3 is 1.18 bits per heavy atom. The zero-order valence-electron chi connectivity index (χ0n) is 8.72. The summed E-state index contributed by atoms with van der Waals surface area (Å²) in [6, 6.07) is 0. The van der Waals surface area contributed by atoms with Gasteiger partial charge in [0.2, 0.25) is 0 Å². The molecule has 0 aliphatic heterocycles. The van der Waals surface area contributed by atoms with Gasteiger partial charge in [-0.25, -0.2) is 0 Å². The second kappa shape index (κ2) is 10.4. The standard InChI is InChI=1S/C6H15N.C3H9P/c1-4-7(5-2)6-3;1-3(2)4/h4-6H2,1-3H3;3H,4H2,1-2H3. The van der Waals surface area contributed by atoms with Gasteiger partial charge in [-0.1, -0.05) is 34.6 Å². The molecule has 1 unspecified atom stereocenters. The van der Waals surface area contributed by atoms with Gasteiger partial charge in [0.05, 0.1) is 0 Å². The van der Waals surface area contributed by atoms with Crippen molar-refractivity contribution in [1.82, 2.24) is 4.90 Å². The molecule has 0 bridgehead atoms.